The van der Waals surface area contributed by atoms with E-state index >= 15 is 0 Å². The fourth-order valence-electron chi connectivity index (χ4n) is 7.23. The van der Waals surface area contributed by atoms with Crippen molar-refractivity contribution in [2.75, 3.05) is 0 Å². The summed E-state index contributed by atoms with van der Waals surface area (Å²) in [7, 11) is 0. The third-order valence-electron chi connectivity index (χ3n) is 8.95. The van der Waals surface area contributed by atoms with Crippen LogP contribution >= 0.6 is 11.3 Å². The molecule has 0 aliphatic heterocycles. The Morgan fingerprint density at radius 2 is 1.02 bits per heavy atom. The quantitative estimate of drug-likeness (QED) is 0.195. The molecule has 0 bridgehead atoms. The Labute approximate surface area is 250 Å². The molecule has 10 rings (SSSR count). The van der Waals surface area contributed by atoms with Gasteiger partial charge in [0.25, 0.3) is 0 Å². The van der Waals surface area contributed by atoms with Crippen LogP contribution in [0.15, 0.2) is 142 Å². The summed E-state index contributed by atoms with van der Waals surface area (Å²) in [6, 6.07) is 45.7. The highest BCUT2D eigenvalue weighted by Crippen LogP contribution is 2.50. The second-order valence-corrected chi connectivity index (χ2v) is 12.3. The van der Waals surface area contributed by atoms with Gasteiger partial charge < -0.3 is 8.83 Å². The predicted octanol–water partition coefficient (Wildman–Crippen LogP) is 12.3. The molecule has 43 heavy (non-hydrogen) atoms. The van der Waals surface area contributed by atoms with Crippen molar-refractivity contribution in [3.05, 3.63) is 134 Å². The molecule has 0 saturated heterocycles. The Morgan fingerprint density at radius 3 is 1.77 bits per heavy atom. The fourth-order valence-corrected chi connectivity index (χ4v) is 8.36. The first-order valence-electron chi connectivity index (χ1n) is 14.5. The smallest absolute Gasteiger partial charge is 0.142 e. The Kier molecular flexibility index (Phi) is 4.63. The van der Waals surface area contributed by atoms with E-state index in [2.05, 4.69) is 115 Å². The summed E-state index contributed by atoms with van der Waals surface area (Å²) in [6.45, 7) is 0. The van der Waals surface area contributed by atoms with Crippen molar-refractivity contribution in [1.82, 2.24) is 0 Å². The maximum absolute atomic E-state index is 6.45. The zero-order valence-corrected chi connectivity index (χ0v) is 23.7. The van der Waals surface area contributed by atoms with Crippen LogP contribution in [0.1, 0.15) is 0 Å². The SMILES string of the molecule is c1ccc2c(c1)oc1cc(-c3c4ccccc4c(-c4cccc5sc6ccccc6c45)c4ccccc34)c3occc3c12. The van der Waals surface area contributed by atoms with Crippen molar-refractivity contribution in [3.63, 3.8) is 0 Å². The van der Waals surface area contributed by atoms with Crippen LogP contribution in [0.25, 0.3) is 96.9 Å². The molecule has 0 saturated carbocycles. The van der Waals surface area contributed by atoms with Gasteiger partial charge in [-0.1, -0.05) is 97.1 Å². The summed E-state index contributed by atoms with van der Waals surface area (Å²) >= 11 is 1.86. The number of hydrogen-bond donors (Lipinski definition) is 0. The van der Waals surface area contributed by atoms with Crippen molar-refractivity contribution in [3.8, 4) is 22.3 Å². The lowest BCUT2D eigenvalue weighted by Gasteiger charge is -2.18. The van der Waals surface area contributed by atoms with Gasteiger partial charge in [-0.25, -0.2) is 0 Å². The van der Waals surface area contributed by atoms with Crippen LogP contribution < -0.4 is 0 Å². The van der Waals surface area contributed by atoms with Gasteiger partial charge in [0, 0.05) is 47.5 Å². The van der Waals surface area contributed by atoms with Crippen molar-refractivity contribution >= 4 is 86.0 Å². The van der Waals surface area contributed by atoms with Crippen LogP contribution in [0.4, 0.5) is 0 Å². The lowest BCUT2D eigenvalue weighted by Crippen LogP contribution is -1.91. The van der Waals surface area contributed by atoms with Gasteiger partial charge in [0.1, 0.15) is 16.7 Å². The van der Waals surface area contributed by atoms with Crippen LogP contribution in [0.2, 0.25) is 0 Å². The number of fused-ring (bicyclic) bond motifs is 10. The molecule has 0 unspecified atom stereocenters. The topological polar surface area (TPSA) is 26.3 Å². The van der Waals surface area contributed by atoms with Crippen molar-refractivity contribution < 1.29 is 8.83 Å². The van der Waals surface area contributed by atoms with Gasteiger partial charge in [-0.05, 0) is 63.0 Å². The van der Waals surface area contributed by atoms with E-state index in [1.165, 1.54) is 58.4 Å². The molecule has 0 atom stereocenters. The largest absolute Gasteiger partial charge is 0.464 e. The predicted molar refractivity (Wildman–Crippen MR) is 182 cm³/mol. The molecule has 0 aliphatic carbocycles. The van der Waals surface area contributed by atoms with Crippen LogP contribution in [-0.2, 0) is 0 Å². The molecule has 0 amide bonds. The molecule has 0 fully saturated rings. The number of thiophene rings is 1. The first-order chi connectivity index (χ1) is 21.3. The summed E-state index contributed by atoms with van der Waals surface area (Å²) in [4.78, 5) is 0. The molecule has 10 aromatic rings. The Morgan fingerprint density at radius 1 is 0.419 bits per heavy atom. The molecule has 3 aromatic heterocycles. The highest BCUT2D eigenvalue weighted by Gasteiger charge is 2.23. The summed E-state index contributed by atoms with van der Waals surface area (Å²) in [5.41, 5.74) is 7.39. The monoisotopic (exact) mass is 566 g/mol. The molecule has 0 N–H and O–H groups in total. The number of benzene rings is 7. The normalized spacial score (nSPS) is 12.2. The van der Waals surface area contributed by atoms with E-state index in [1.807, 2.05) is 23.5 Å². The maximum Gasteiger partial charge on any atom is 0.142 e. The Bertz CT molecular complexity index is 2680. The molecular formula is C40H22O2S. The van der Waals surface area contributed by atoms with Gasteiger partial charge in [0.2, 0.25) is 0 Å². The molecule has 7 aromatic carbocycles. The minimum atomic E-state index is 0.872. The molecule has 0 spiro atoms. The average molecular weight is 567 g/mol. The van der Waals surface area contributed by atoms with E-state index in [-0.39, 0.29) is 0 Å². The van der Waals surface area contributed by atoms with Crippen molar-refractivity contribution in [2.24, 2.45) is 0 Å². The second kappa shape index (κ2) is 8.57. The third kappa shape index (κ3) is 3.12. The Balaban J connectivity index is 1.39. The minimum absolute atomic E-state index is 0.872. The van der Waals surface area contributed by atoms with Crippen molar-refractivity contribution in [2.45, 2.75) is 0 Å². The molecule has 0 aliphatic rings. The van der Waals surface area contributed by atoms with E-state index in [9.17, 15) is 0 Å². The van der Waals surface area contributed by atoms with Crippen molar-refractivity contribution in [1.29, 1.82) is 0 Å². The zero-order chi connectivity index (χ0) is 28.1. The molecule has 200 valence electrons. The summed E-state index contributed by atoms with van der Waals surface area (Å²) < 4.78 is 15.4. The summed E-state index contributed by atoms with van der Waals surface area (Å²) in [5.74, 6) is 0. The number of rotatable bonds is 2. The third-order valence-corrected chi connectivity index (χ3v) is 10.1. The summed E-state index contributed by atoms with van der Waals surface area (Å²) in [6.07, 6.45) is 1.80. The van der Waals surface area contributed by atoms with Gasteiger partial charge >= 0.3 is 0 Å². The lowest BCUT2D eigenvalue weighted by molar-refractivity contribution is 0.616. The molecule has 3 heterocycles. The Hall–Kier alpha value is -5.38. The minimum Gasteiger partial charge on any atom is -0.464 e. The molecule has 3 heteroatoms. The standard InChI is InChI=1S/C40H22O2S/c1-3-12-25-23(10-1)36(29-16-9-19-35-39(29)28-15-6-8-18-34(28)43-35)24-11-2-4-13-26(24)37(25)31-22-33-38(30-20-21-41-40(30)31)27-14-5-7-17-32(27)42-33/h1-22H. The van der Waals surface area contributed by atoms with Gasteiger partial charge in [-0.2, -0.15) is 0 Å². The van der Waals surface area contributed by atoms with Gasteiger partial charge in [-0.3, -0.25) is 0 Å². The van der Waals surface area contributed by atoms with Crippen LogP contribution in [-0.4, -0.2) is 0 Å². The van der Waals surface area contributed by atoms with E-state index in [1.54, 1.807) is 6.26 Å². The van der Waals surface area contributed by atoms with Gasteiger partial charge in [0.15, 0.2) is 0 Å². The highest BCUT2D eigenvalue weighted by atomic mass is 32.1. The summed E-state index contributed by atoms with van der Waals surface area (Å²) in [5, 5.41) is 10.8. The molecular weight excluding hydrogens is 545 g/mol. The second-order valence-electron chi connectivity index (χ2n) is 11.2. The number of furan rings is 2. The van der Waals surface area contributed by atoms with Crippen LogP contribution in [0, 0.1) is 0 Å². The maximum atomic E-state index is 6.45. The van der Waals surface area contributed by atoms with Gasteiger partial charge in [-0.15, -0.1) is 11.3 Å². The first kappa shape index (κ1) is 23.2. The average Bonchev–Trinajstić information content (AvgIpc) is 3.78. The molecule has 0 radical (unpaired) electrons. The molecule has 2 nitrogen and oxygen atoms in total. The zero-order valence-electron chi connectivity index (χ0n) is 22.9. The fraction of sp³-hybridized carbons (Fsp3) is 0. The lowest BCUT2D eigenvalue weighted by atomic mass is 9.84. The van der Waals surface area contributed by atoms with Crippen LogP contribution in [0.3, 0.4) is 0 Å². The van der Waals surface area contributed by atoms with E-state index in [4.69, 9.17) is 8.83 Å². The van der Waals surface area contributed by atoms with Gasteiger partial charge in [0.05, 0.1) is 6.26 Å². The van der Waals surface area contributed by atoms with E-state index < -0.39 is 0 Å². The first-order valence-corrected chi connectivity index (χ1v) is 15.3. The number of hydrogen-bond acceptors (Lipinski definition) is 3. The number of para-hydroxylation sites is 1. The van der Waals surface area contributed by atoms with E-state index in [0.717, 1.165) is 38.5 Å². The van der Waals surface area contributed by atoms with Crippen LogP contribution in [0.5, 0.6) is 0 Å². The highest BCUT2D eigenvalue weighted by molar-refractivity contribution is 7.25. The van der Waals surface area contributed by atoms with E-state index in [0.29, 0.717) is 0 Å².